The molecule has 0 bridgehead atoms. The second kappa shape index (κ2) is 6.80. The fraction of sp³-hybridized carbons (Fsp3) is 0.389. The summed E-state index contributed by atoms with van der Waals surface area (Å²) in [5.74, 6) is 0.387. The highest BCUT2D eigenvalue weighted by atomic mass is 16.5. The third-order valence-electron chi connectivity index (χ3n) is 4.82. The summed E-state index contributed by atoms with van der Waals surface area (Å²) < 4.78 is 5.43. The van der Waals surface area contributed by atoms with Crippen molar-refractivity contribution in [2.45, 2.75) is 25.8 Å². The van der Waals surface area contributed by atoms with Crippen LogP contribution in [0.5, 0.6) is 5.75 Å². The Kier molecular flexibility index (Phi) is 4.34. The lowest BCUT2D eigenvalue weighted by Crippen LogP contribution is -2.25. The van der Waals surface area contributed by atoms with Crippen molar-refractivity contribution in [1.29, 1.82) is 0 Å². The average Bonchev–Trinajstić information content (AvgIpc) is 3.27. The summed E-state index contributed by atoms with van der Waals surface area (Å²) in [5, 5.41) is 13.2. The molecule has 26 heavy (non-hydrogen) atoms. The fourth-order valence-corrected chi connectivity index (χ4v) is 3.48. The number of anilines is 2. The molecule has 0 radical (unpaired) electrons. The number of carbonyl (C=O) groups excluding carboxylic acids is 2. The maximum Gasteiger partial charge on any atom is 0.276 e. The molecular weight excluding hydrogens is 334 g/mol. The van der Waals surface area contributed by atoms with E-state index in [4.69, 9.17) is 4.74 Å². The lowest BCUT2D eigenvalue weighted by atomic mass is 10.1. The molecule has 2 aromatic rings. The molecule has 3 heterocycles. The highest BCUT2D eigenvalue weighted by molar-refractivity contribution is 6.04. The van der Waals surface area contributed by atoms with Gasteiger partial charge in [-0.2, -0.15) is 5.10 Å². The summed E-state index contributed by atoms with van der Waals surface area (Å²) >= 11 is 0. The summed E-state index contributed by atoms with van der Waals surface area (Å²) in [6.45, 7) is 2.20. The predicted molar refractivity (Wildman–Crippen MR) is 96.5 cm³/mol. The molecule has 0 atom stereocenters. The van der Waals surface area contributed by atoms with Gasteiger partial charge in [0.2, 0.25) is 5.91 Å². The molecule has 0 saturated carbocycles. The Labute approximate surface area is 150 Å². The van der Waals surface area contributed by atoms with E-state index in [1.807, 2.05) is 0 Å². The Morgan fingerprint density at radius 1 is 1.35 bits per heavy atom. The quantitative estimate of drug-likeness (QED) is 0.771. The van der Waals surface area contributed by atoms with E-state index in [0.717, 1.165) is 36.3 Å². The lowest BCUT2D eigenvalue weighted by Gasteiger charge is -2.19. The van der Waals surface area contributed by atoms with E-state index in [2.05, 4.69) is 20.8 Å². The van der Waals surface area contributed by atoms with Crippen molar-refractivity contribution in [2.24, 2.45) is 0 Å². The molecule has 1 fully saturated rings. The summed E-state index contributed by atoms with van der Waals surface area (Å²) in [6, 6.07) is 5.31. The van der Waals surface area contributed by atoms with E-state index in [9.17, 15) is 9.59 Å². The maximum absolute atomic E-state index is 12.6. The number of nitrogens with zero attached hydrogens (tertiary/aromatic N) is 2. The van der Waals surface area contributed by atoms with Crippen LogP contribution in [-0.2, 0) is 17.8 Å². The number of methoxy groups -OCH3 is 1. The molecule has 3 N–H and O–H groups in total. The minimum absolute atomic E-state index is 0.0933. The van der Waals surface area contributed by atoms with Crippen LogP contribution in [0, 0.1) is 0 Å². The van der Waals surface area contributed by atoms with Gasteiger partial charge >= 0.3 is 0 Å². The highest BCUT2D eigenvalue weighted by Crippen LogP contribution is 2.34. The Morgan fingerprint density at radius 2 is 2.23 bits per heavy atom. The number of aromatic nitrogens is 2. The first-order valence-corrected chi connectivity index (χ1v) is 8.74. The number of benzene rings is 1. The Morgan fingerprint density at radius 3 is 3.00 bits per heavy atom. The zero-order chi connectivity index (χ0) is 18.1. The van der Waals surface area contributed by atoms with E-state index < -0.39 is 0 Å². The van der Waals surface area contributed by atoms with Gasteiger partial charge in [0.05, 0.1) is 12.8 Å². The van der Waals surface area contributed by atoms with Crippen LogP contribution in [-0.4, -0.2) is 42.2 Å². The van der Waals surface area contributed by atoms with E-state index in [1.54, 1.807) is 30.2 Å². The topological polar surface area (TPSA) is 99.3 Å². The third kappa shape index (κ3) is 2.92. The van der Waals surface area contributed by atoms with Gasteiger partial charge in [-0.3, -0.25) is 14.7 Å². The van der Waals surface area contributed by atoms with Gasteiger partial charge in [0.25, 0.3) is 5.91 Å². The highest BCUT2D eigenvalue weighted by Gasteiger charge is 2.25. The first kappa shape index (κ1) is 16.6. The second-order valence-corrected chi connectivity index (χ2v) is 6.45. The number of ether oxygens (including phenoxy) is 1. The van der Waals surface area contributed by atoms with Gasteiger partial charge in [-0.25, -0.2) is 0 Å². The number of hydrogen-bond donors (Lipinski definition) is 3. The molecule has 8 nitrogen and oxygen atoms in total. The number of hydrogen-bond acceptors (Lipinski definition) is 5. The van der Waals surface area contributed by atoms with Crippen LogP contribution in [0.25, 0.3) is 0 Å². The van der Waals surface area contributed by atoms with Gasteiger partial charge < -0.3 is 20.3 Å². The second-order valence-electron chi connectivity index (χ2n) is 6.45. The summed E-state index contributed by atoms with van der Waals surface area (Å²) in [6.07, 6.45) is 2.24. The average molecular weight is 355 g/mol. The Hall–Kier alpha value is -2.87. The van der Waals surface area contributed by atoms with Crippen molar-refractivity contribution < 1.29 is 14.3 Å². The molecule has 4 rings (SSSR count). The zero-order valence-electron chi connectivity index (χ0n) is 14.6. The first-order chi connectivity index (χ1) is 12.7. The number of nitrogens with one attached hydrogen (secondary N) is 3. The third-order valence-corrected chi connectivity index (χ3v) is 4.82. The molecule has 0 unspecified atom stereocenters. The molecule has 8 heteroatoms. The molecule has 2 amide bonds. The van der Waals surface area contributed by atoms with Crippen LogP contribution in [0.15, 0.2) is 18.2 Å². The van der Waals surface area contributed by atoms with Crippen LogP contribution < -0.4 is 20.3 Å². The molecule has 136 valence electrons. The Bertz CT molecular complexity index is 861. The number of aromatic amines is 1. The zero-order valence-corrected chi connectivity index (χ0v) is 14.6. The van der Waals surface area contributed by atoms with Gasteiger partial charge in [0.1, 0.15) is 5.75 Å². The van der Waals surface area contributed by atoms with Crippen LogP contribution in [0.3, 0.4) is 0 Å². The smallest absolute Gasteiger partial charge is 0.276 e. The number of rotatable bonds is 4. The van der Waals surface area contributed by atoms with Crippen molar-refractivity contribution >= 4 is 23.2 Å². The molecule has 1 saturated heterocycles. The normalized spacial score (nSPS) is 16.5. The van der Waals surface area contributed by atoms with Crippen LogP contribution in [0.2, 0.25) is 0 Å². The van der Waals surface area contributed by atoms with Crippen molar-refractivity contribution in [3.8, 4) is 5.75 Å². The predicted octanol–water partition coefficient (Wildman–Crippen LogP) is 1.44. The first-order valence-electron chi connectivity index (χ1n) is 8.74. The SMILES string of the molecule is COc1cc(NC(=O)c2n[nH]c3c2CNCC3)ccc1N1CCCC1=O. The number of fused-ring (bicyclic) bond motifs is 1. The van der Waals surface area contributed by atoms with Gasteiger partial charge in [0.15, 0.2) is 5.69 Å². The van der Waals surface area contributed by atoms with Gasteiger partial charge in [-0.05, 0) is 18.6 Å². The summed E-state index contributed by atoms with van der Waals surface area (Å²) in [4.78, 5) is 26.3. The van der Waals surface area contributed by atoms with E-state index in [0.29, 0.717) is 36.6 Å². The van der Waals surface area contributed by atoms with E-state index >= 15 is 0 Å². The molecule has 1 aromatic heterocycles. The maximum atomic E-state index is 12.6. The van der Waals surface area contributed by atoms with E-state index in [-0.39, 0.29) is 11.8 Å². The lowest BCUT2D eigenvalue weighted by molar-refractivity contribution is -0.117. The minimum Gasteiger partial charge on any atom is -0.494 e. The molecule has 2 aliphatic rings. The monoisotopic (exact) mass is 355 g/mol. The van der Waals surface area contributed by atoms with E-state index in [1.165, 1.54) is 0 Å². The van der Waals surface area contributed by atoms with Gasteiger partial charge in [-0.1, -0.05) is 0 Å². The number of carbonyl (C=O) groups is 2. The molecule has 0 spiro atoms. The summed E-state index contributed by atoms with van der Waals surface area (Å²) in [7, 11) is 1.56. The van der Waals surface area contributed by atoms with Crippen molar-refractivity contribution in [3.63, 3.8) is 0 Å². The van der Waals surface area contributed by atoms with Gasteiger partial charge in [0, 0.05) is 55.5 Å². The van der Waals surface area contributed by atoms with Gasteiger partial charge in [-0.15, -0.1) is 0 Å². The van der Waals surface area contributed by atoms with Crippen molar-refractivity contribution in [3.05, 3.63) is 35.2 Å². The van der Waals surface area contributed by atoms with Crippen molar-refractivity contribution in [2.75, 3.05) is 30.4 Å². The molecule has 1 aromatic carbocycles. The Balaban J connectivity index is 1.56. The number of H-pyrrole nitrogens is 1. The largest absolute Gasteiger partial charge is 0.494 e. The van der Waals surface area contributed by atoms with Crippen LogP contribution >= 0.6 is 0 Å². The molecule has 2 aliphatic heterocycles. The summed E-state index contributed by atoms with van der Waals surface area (Å²) in [5.41, 5.74) is 3.66. The van der Waals surface area contributed by atoms with Crippen LogP contribution in [0.1, 0.15) is 34.6 Å². The van der Waals surface area contributed by atoms with Crippen molar-refractivity contribution in [1.82, 2.24) is 15.5 Å². The van der Waals surface area contributed by atoms with Crippen LogP contribution in [0.4, 0.5) is 11.4 Å². The molecule has 0 aliphatic carbocycles. The standard InChI is InChI=1S/C18H21N5O3/c1-26-15-9-11(4-5-14(15)23-8-2-3-16(23)24)20-18(25)17-12-10-19-7-6-13(12)21-22-17/h4-5,9,19H,2-3,6-8,10H2,1H3,(H,20,25)(H,21,22). The molecular formula is C18H21N5O3. The fourth-order valence-electron chi connectivity index (χ4n) is 3.48. The minimum atomic E-state index is -0.266. The number of amides is 2.